The SMILES string of the molecule is CC(=O)O.CC(C)(C)[Si](C)(C)OCCOc1cc(CC(=O)N2C=CC(=O)C[C@H]2c2ccc(F)cc2)c(Br)cc1F.O=C1C=CN(C(=O)Cc2cc(OCCO)c(F)cc2Br)[C@H](c2ccc(F)cc2)C1. The molecule has 0 unspecified atom stereocenters. The minimum absolute atomic E-state index is 0.0410. The number of allylic oxidation sites excluding steroid dienone is 2. The van der Waals surface area contributed by atoms with E-state index in [9.17, 15) is 36.7 Å². The average Bonchev–Trinajstić information content (AvgIpc) is 3.27. The zero-order chi connectivity index (χ0) is 51.2. The zero-order valence-electron chi connectivity index (χ0n) is 38.9. The number of halogens is 6. The molecule has 2 atom stereocenters. The highest BCUT2D eigenvalue weighted by Crippen LogP contribution is 2.37. The van der Waals surface area contributed by atoms with Crippen LogP contribution in [0.25, 0.3) is 0 Å². The van der Waals surface area contributed by atoms with Crippen LogP contribution >= 0.6 is 31.9 Å². The monoisotopic (exact) mass is 1100 g/mol. The second-order valence-corrected chi connectivity index (χ2v) is 23.9. The maximum atomic E-state index is 14.6. The number of nitrogens with zero attached hydrogens (tertiary/aromatic N) is 2. The third-order valence-corrected chi connectivity index (χ3v) is 17.2. The number of carbonyl (C=O) groups excluding carboxylic acids is 4. The van der Waals surface area contributed by atoms with Gasteiger partial charge < -0.3 is 33.9 Å². The normalized spacial score (nSPS) is 15.7. The lowest BCUT2D eigenvalue weighted by Crippen LogP contribution is -2.41. The molecule has 4 aromatic carbocycles. The number of hydrogen-bond donors (Lipinski definition) is 2. The highest BCUT2D eigenvalue weighted by molar-refractivity contribution is 9.10. The van der Waals surface area contributed by atoms with Crippen LogP contribution in [0.5, 0.6) is 11.5 Å². The Hall–Kier alpha value is -5.47. The summed E-state index contributed by atoms with van der Waals surface area (Å²) in [5.74, 6) is -3.67. The van der Waals surface area contributed by atoms with Gasteiger partial charge in [0.1, 0.15) is 24.8 Å². The van der Waals surface area contributed by atoms with Crippen molar-refractivity contribution in [2.75, 3.05) is 26.4 Å². The van der Waals surface area contributed by atoms with Gasteiger partial charge in [-0.15, -0.1) is 0 Å². The number of aliphatic carboxylic acids is 1. The van der Waals surface area contributed by atoms with E-state index in [1.165, 1.54) is 82.9 Å². The van der Waals surface area contributed by atoms with Gasteiger partial charge in [-0.05, 0) is 101 Å². The second kappa shape index (κ2) is 25.4. The summed E-state index contributed by atoms with van der Waals surface area (Å²) in [7, 11) is -1.94. The smallest absolute Gasteiger partial charge is 0.300 e. The maximum Gasteiger partial charge on any atom is 0.300 e. The Morgan fingerprint density at radius 3 is 1.42 bits per heavy atom. The molecule has 2 aliphatic rings. The summed E-state index contributed by atoms with van der Waals surface area (Å²) in [5, 5.41) is 16.3. The number of ketones is 2. The number of benzene rings is 4. The van der Waals surface area contributed by atoms with Gasteiger partial charge in [0, 0.05) is 41.1 Å². The third-order valence-electron chi connectivity index (χ3n) is 11.2. The second-order valence-electron chi connectivity index (χ2n) is 17.4. The minimum Gasteiger partial charge on any atom is -0.488 e. The first-order valence-corrected chi connectivity index (χ1v) is 26.1. The van der Waals surface area contributed by atoms with Crippen molar-refractivity contribution >= 4 is 69.5 Å². The van der Waals surface area contributed by atoms with Crippen molar-refractivity contribution in [1.82, 2.24) is 9.80 Å². The van der Waals surface area contributed by atoms with Crippen molar-refractivity contribution < 1.29 is 65.6 Å². The molecule has 0 fully saturated rings. The van der Waals surface area contributed by atoms with E-state index in [2.05, 4.69) is 65.7 Å². The van der Waals surface area contributed by atoms with Crippen molar-refractivity contribution in [2.24, 2.45) is 0 Å². The quantitative estimate of drug-likeness (QED) is 0.0707. The van der Waals surface area contributed by atoms with Gasteiger partial charge in [0.2, 0.25) is 11.8 Å². The van der Waals surface area contributed by atoms with Gasteiger partial charge in [-0.2, -0.15) is 0 Å². The zero-order valence-corrected chi connectivity index (χ0v) is 43.0. The summed E-state index contributed by atoms with van der Waals surface area (Å²) in [6.07, 6.45) is 5.62. The molecule has 0 aliphatic carbocycles. The molecule has 2 amide bonds. The van der Waals surface area contributed by atoms with Crippen LogP contribution in [0.4, 0.5) is 17.6 Å². The summed E-state index contributed by atoms with van der Waals surface area (Å²) in [5.41, 5.74) is 2.34. The first-order valence-electron chi connectivity index (χ1n) is 21.6. The molecule has 2 N–H and O–H groups in total. The van der Waals surface area contributed by atoms with Crippen molar-refractivity contribution in [3.05, 3.63) is 152 Å². The number of aliphatic hydroxyl groups is 1. The summed E-state index contributed by atoms with van der Waals surface area (Å²) in [4.78, 5) is 62.1. The van der Waals surface area contributed by atoms with Crippen molar-refractivity contribution in [3.63, 3.8) is 0 Å². The number of ether oxygens (including phenoxy) is 2. The molecule has 370 valence electrons. The van der Waals surface area contributed by atoms with E-state index in [-0.39, 0.29) is 85.4 Å². The molecular weight excluding hydrogens is 1050 g/mol. The van der Waals surface area contributed by atoms with Gasteiger partial charge in [0.15, 0.2) is 43.0 Å². The van der Waals surface area contributed by atoms with E-state index < -0.39 is 49.6 Å². The number of hydrogen-bond acceptors (Lipinski definition) is 9. The molecular formula is C50H54Br2F4N2O10Si. The number of amides is 2. The van der Waals surface area contributed by atoms with Crippen LogP contribution in [0.2, 0.25) is 18.1 Å². The standard InChI is InChI=1S/C27H32BrF2NO4Si.C21H18BrF2NO4.C2H4O2/c1-27(2,3)36(4,5)35-13-12-34-25-14-19(22(28)17-23(25)30)15-26(33)31-11-10-21(32)16-24(31)18-6-8-20(29)9-7-18;22-17-12-18(24)20(29-8-7-26)9-14(17)10-21(28)25-6-5-16(27)11-19(25)13-1-3-15(23)4-2-13;1-2(3)4/h6-11,14,17,24H,12-13,15-16H2,1-5H3;1-6,9,12,19,26H,7-8,10-11H2;1H3,(H,3,4)/t24-;19-;/m00./s1. The van der Waals surface area contributed by atoms with Crippen LogP contribution in [0.1, 0.15) is 74.9 Å². The van der Waals surface area contributed by atoms with E-state index in [1.54, 1.807) is 24.3 Å². The fourth-order valence-corrected chi connectivity index (χ4v) is 8.59. The number of aliphatic hydroxyl groups excluding tert-OH is 1. The Morgan fingerprint density at radius 1 is 0.681 bits per heavy atom. The third kappa shape index (κ3) is 16.6. The van der Waals surface area contributed by atoms with Crippen LogP contribution in [-0.4, -0.2) is 84.1 Å². The highest BCUT2D eigenvalue weighted by atomic mass is 79.9. The largest absolute Gasteiger partial charge is 0.488 e. The molecule has 19 heteroatoms. The highest BCUT2D eigenvalue weighted by Gasteiger charge is 2.37. The van der Waals surface area contributed by atoms with Crippen LogP contribution < -0.4 is 9.47 Å². The van der Waals surface area contributed by atoms with E-state index in [0.717, 1.165) is 6.92 Å². The summed E-state index contributed by atoms with van der Waals surface area (Å²) >= 11 is 6.59. The lowest BCUT2D eigenvalue weighted by molar-refractivity contribution is -0.135. The molecule has 4 aromatic rings. The first-order chi connectivity index (χ1) is 32.4. The lowest BCUT2D eigenvalue weighted by atomic mass is 9.96. The average molecular weight is 1110 g/mol. The number of carboxylic acid groups (broad SMARTS) is 1. The van der Waals surface area contributed by atoms with Crippen LogP contribution in [0, 0.1) is 23.3 Å². The summed E-state index contributed by atoms with van der Waals surface area (Å²) in [6, 6.07) is 15.7. The predicted octanol–water partition coefficient (Wildman–Crippen LogP) is 10.5. The molecule has 0 saturated carbocycles. The minimum atomic E-state index is -1.94. The van der Waals surface area contributed by atoms with E-state index in [0.29, 0.717) is 37.8 Å². The maximum absolute atomic E-state index is 14.6. The Morgan fingerprint density at radius 2 is 1.06 bits per heavy atom. The van der Waals surface area contributed by atoms with Gasteiger partial charge in [-0.25, -0.2) is 17.6 Å². The molecule has 0 bridgehead atoms. The molecule has 2 aliphatic heterocycles. The molecule has 0 spiro atoms. The Bertz CT molecular complexity index is 2530. The van der Waals surface area contributed by atoms with Crippen LogP contribution in [0.15, 0.2) is 106 Å². The number of carbonyl (C=O) groups is 5. The molecule has 0 aromatic heterocycles. The van der Waals surface area contributed by atoms with E-state index in [1.807, 2.05) is 0 Å². The first kappa shape index (κ1) is 56.1. The molecule has 0 radical (unpaired) electrons. The topological polar surface area (TPSA) is 160 Å². The van der Waals surface area contributed by atoms with Crippen LogP contribution in [-0.2, 0) is 41.2 Å². The van der Waals surface area contributed by atoms with E-state index in [4.69, 9.17) is 28.9 Å². The number of carboxylic acids is 1. The predicted molar refractivity (Wildman–Crippen MR) is 260 cm³/mol. The van der Waals surface area contributed by atoms with Gasteiger partial charge in [0.25, 0.3) is 5.97 Å². The van der Waals surface area contributed by atoms with Gasteiger partial charge in [-0.1, -0.05) is 76.9 Å². The van der Waals surface area contributed by atoms with Crippen molar-refractivity contribution in [1.29, 1.82) is 0 Å². The molecule has 12 nitrogen and oxygen atoms in total. The fraction of sp³-hybridized carbons (Fsp3) is 0.340. The van der Waals surface area contributed by atoms with E-state index >= 15 is 0 Å². The Labute approximate surface area is 416 Å². The van der Waals surface area contributed by atoms with Crippen molar-refractivity contribution in [3.8, 4) is 11.5 Å². The molecule has 2 heterocycles. The van der Waals surface area contributed by atoms with Gasteiger partial charge in [-0.3, -0.25) is 24.0 Å². The van der Waals surface area contributed by atoms with Crippen molar-refractivity contribution in [2.45, 2.75) is 83.6 Å². The van der Waals surface area contributed by atoms with Gasteiger partial charge >= 0.3 is 0 Å². The number of rotatable bonds is 14. The Balaban J connectivity index is 0.000000284. The van der Waals surface area contributed by atoms with Crippen LogP contribution in [0.3, 0.4) is 0 Å². The molecule has 69 heavy (non-hydrogen) atoms. The fourth-order valence-electron chi connectivity index (χ4n) is 6.65. The molecule has 6 rings (SSSR count). The van der Waals surface area contributed by atoms with Gasteiger partial charge in [0.05, 0.1) is 38.1 Å². The summed E-state index contributed by atoms with van der Waals surface area (Å²) < 4.78 is 73.0. The Kier molecular flexibility index (Phi) is 20.7. The lowest BCUT2D eigenvalue weighted by Gasteiger charge is -2.36. The molecule has 0 saturated heterocycles. The summed E-state index contributed by atoms with van der Waals surface area (Å²) in [6.45, 7) is 12.0.